The molecule has 0 saturated carbocycles. The van der Waals surface area contributed by atoms with E-state index in [0.717, 1.165) is 30.7 Å². The molecule has 0 bridgehead atoms. The van der Waals surface area contributed by atoms with E-state index in [9.17, 15) is 4.79 Å². The summed E-state index contributed by atoms with van der Waals surface area (Å²) in [6.07, 6.45) is 1.99. The molecule has 1 aromatic heterocycles. The van der Waals surface area contributed by atoms with Gasteiger partial charge in [0.25, 0.3) is 5.56 Å². The molecule has 1 N–H and O–H groups in total. The predicted octanol–water partition coefficient (Wildman–Crippen LogP) is 2.87. The lowest BCUT2D eigenvalue weighted by Gasteiger charge is -2.19. The first kappa shape index (κ1) is 14.7. The number of nitrogens with zero attached hydrogens (tertiary/aromatic N) is 2. The van der Waals surface area contributed by atoms with E-state index in [1.54, 1.807) is 0 Å². The molecule has 2 rings (SSSR count). The summed E-state index contributed by atoms with van der Waals surface area (Å²) in [4.78, 5) is 17.3. The second kappa shape index (κ2) is 6.66. The average Bonchev–Trinajstić information content (AvgIpc) is 2.47. The van der Waals surface area contributed by atoms with Crippen LogP contribution in [0.25, 0.3) is 10.9 Å². The quantitative estimate of drug-likeness (QED) is 0.880. The van der Waals surface area contributed by atoms with Crippen molar-refractivity contribution in [1.82, 2.24) is 14.9 Å². The molecular formula is C16H23N3O. The van der Waals surface area contributed by atoms with E-state index in [1.807, 2.05) is 28.8 Å². The first-order valence-corrected chi connectivity index (χ1v) is 7.41. The first-order valence-electron chi connectivity index (χ1n) is 7.41. The van der Waals surface area contributed by atoms with Crippen LogP contribution in [0.5, 0.6) is 0 Å². The molecule has 20 heavy (non-hydrogen) atoms. The van der Waals surface area contributed by atoms with E-state index in [2.05, 4.69) is 26.1 Å². The lowest BCUT2D eigenvalue weighted by atomic mass is 10.2. The van der Waals surface area contributed by atoms with E-state index in [4.69, 9.17) is 4.98 Å². The standard InChI is InChI=1S/C16H23N3O/c1-4-10-17-12(3)15-18-14-9-7-6-8-13(14)16(20)19(15)11-5-2/h6-9,12,17H,4-5,10-11H2,1-3H3/t12-/m1/s1. The number of aromatic nitrogens is 2. The summed E-state index contributed by atoms with van der Waals surface area (Å²) in [5.74, 6) is 0.837. The fourth-order valence-corrected chi connectivity index (χ4v) is 2.41. The number of hydrogen-bond acceptors (Lipinski definition) is 3. The van der Waals surface area contributed by atoms with Crippen molar-refractivity contribution in [2.75, 3.05) is 6.54 Å². The number of benzene rings is 1. The van der Waals surface area contributed by atoms with E-state index < -0.39 is 0 Å². The van der Waals surface area contributed by atoms with Gasteiger partial charge in [0.1, 0.15) is 5.82 Å². The van der Waals surface area contributed by atoms with Gasteiger partial charge in [-0.25, -0.2) is 4.98 Å². The average molecular weight is 273 g/mol. The van der Waals surface area contributed by atoms with E-state index in [1.165, 1.54) is 0 Å². The van der Waals surface area contributed by atoms with E-state index in [-0.39, 0.29) is 11.6 Å². The topological polar surface area (TPSA) is 46.9 Å². The molecule has 1 aromatic carbocycles. The number of fused-ring (bicyclic) bond motifs is 1. The maximum atomic E-state index is 12.6. The van der Waals surface area contributed by atoms with Crippen molar-refractivity contribution in [1.29, 1.82) is 0 Å². The molecule has 0 saturated heterocycles. The van der Waals surface area contributed by atoms with Gasteiger partial charge in [0, 0.05) is 6.54 Å². The van der Waals surface area contributed by atoms with E-state index >= 15 is 0 Å². The Hall–Kier alpha value is -1.68. The Balaban J connectivity index is 2.56. The van der Waals surface area contributed by atoms with Crippen LogP contribution >= 0.6 is 0 Å². The van der Waals surface area contributed by atoms with Gasteiger partial charge in [0.05, 0.1) is 16.9 Å². The van der Waals surface area contributed by atoms with Gasteiger partial charge in [-0.1, -0.05) is 26.0 Å². The highest BCUT2D eigenvalue weighted by Gasteiger charge is 2.15. The minimum atomic E-state index is 0.0672. The summed E-state index contributed by atoms with van der Waals surface area (Å²) in [5, 5.41) is 4.12. The van der Waals surface area contributed by atoms with Crippen molar-refractivity contribution >= 4 is 10.9 Å². The van der Waals surface area contributed by atoms with Gasteiger partial charge >= 0.3 is 0 Å². The molecule has 1 atom stereocenters. The highest BCUT2D eigenvalue weighted by Crippen LogP contribution is 2.14. The molecule has 2 aromatic rings. The van der Waals surface area contributed by atoms with Crippen LogP contribution in [-0.2, 0) is 6.54 Å². The van der Waals surface area contributed by atoms with Crippen molar-refractivity contribution in [2.45, 2.75) is 46.2 Å². The third-order valence-electron chi connectivity index (χ3n) is 3.43. The zero-order chi connectivity index (χ0) is 14.5. The number of nitrogens with one attached hydrogen (secondary N) is 1. The van der Waals surface area contributed by atoms with Gasteiger partial charge in [-0.3, -0.25) is 9.36 Å². The zero-order valence-corrected chi connectivity index (χ0v) is 12.5. The molecule has 4 heteroatoms. The Labute approximate surface area is 119 Å². The molecule has 4 nitrogen and oxygen atoms in total. The third kappa shape index (κ3) is 2.90. The lowest BCUT2D eigenvalue weighted by molar-refractivity contribution is 0.494. The maximum Gasteiger partial charge on any atom is 0.261 e. The zero-order valence-electron chi connectivity index (χ0n) is 12.5. The van der Waals surface area contributed by atoms with Crippen LogP contribution in [0.4, 0.5) is 0 Å². The van der Waals surface area contributed by atoms with Crippen LogP contribution in [0.1, 0.15) is 45.5 Å². The molecule has 0 spiro atoms. The molecule has 1 heterocycles. The van der Waals surface area contributed by atoms with Crippen LogP contribution in [0.2, 0.25) is 0 Å². The van der Waals surface area contributed by atoms with Crippen LogP contribution < -0.4 is 10.9 Å². The Morgan fingerprint density at radius 3 is 2.70 bits per heavy atom. The van der Waals surface area contributed by atoms with Gasteiger partial charge < -0.3 is 5.32 Å². The fraction of sp³-hybridized carbons (Fsp3) is 0.500. The normalized spacial score (nSPS) is 12.8. The molecule has 0 aliphatic heterocycles. The Morgan fingerprint density at radius 2 is 2.00 bits per heavy atom. The van der Waals surface area contributed by atoms with Crippen molar-refractivity contribution in [3.05, 3.63) is 40.4 Å². The van der Waals surface area contributed by atoms with Crippen LogP contribution in [-0.4, -0.2) is 16.1 Å². The summed E-state index contributed by atoms with van der Waals surface area (Å²) in [6.45, 7) is 7.92. The minimum Gasteiger partial charge on any atom is -0.308 e. The highest BCUT2D eigenvalue weighted by molar-refractivity contribution is 5.77. The molecule has 0 fully saturated rings. The Bertz CT molecular complexity index is 633. The van der Waals surface area contributed by atoms with Crippen molar-refractivity contribution in [2.24, 2.45) is 0 Å². The lowest BCUT2D eigenvalue weighted by Crippen LogP contribution is -2.31. The number of para-hydroxylation sites is 1. The van der Waals surface area contributed by atoms with Gasteiger partial charge in [-0.2, -0.15) is 0 Å². The Morgan fingerprint density at radius 1 is 1.25 bits per heavy atom. The molecule has 0 radical (unpaired) electrons. The summed E-state index contributed by atoms with van der Waals surface area (Å²) >= 11 is 0. The van der Waals surface area contributed by atoms with Crippen molar-refractivity contribution in [3.8, 4) is 0 Å². The number of rotatable bonds is 6. The minimum absolute atomic E-state index is 0.0672. The van der Waals surface area contributed by atoms with Crippen LogP contribution in [0.3, 0.4) is 0 Å². The van der Waals surface area contributed by atoms with Crippen LogP contribution in [0, 0.1) is 0 Å². The maximum absolute atomic E-state index is 12.6. The fourth-order valence-electron chi connectivity index (χ4n) is 2.41. The predicted molar refractivity (Wildman–Crippen MR) is 83.0 cm³/mol. The van der Waals surface area contributed by atoms with Crippen molar-refractivity contribution in [3.63, 3.8) is 0 Å². The largest absolute Gasteiger partial charge is 0.308 e. The van der Waals surface area contributed by atoms with Gasteiger partial charge in [-0.05, 0) is 38.4 Å². The second-order valence-electron chi connectivity index (χ2n) is 5.12. The molecule has 0 aliphatic carbocycles. The molecule has 0 amide bonds. The van der Waals surface area contributed by atoms with Gasteiger partial charge in [0.15, 0.2) is 0 Å². The van der Waals surface area contributed by atoms with Gasteiger partial charge in [0.2, 0.25) is 0 Å². The summed E-state index contributed by atoms with van der Waals surface area (Å²) in [6, 6.07) is 7.65. The monoisotopic (exact) mass is 273 g/mol. The van der Waals surface area contributed by atoms with Gasteiger partial charge in [-0.15, -0.1) is 0 Å². The second-order valence-corrected chi connectivity index (χ2v) is 5.12. The SMILES string of the molecule is CCCN[C@H](C)c1nc2ccccc2c(=O)n1CCC. The first-order chi connectivity index (χ1) is 9.69. The van der Waals surface area contributed by atoms with Crippen LogP contribution in [0.15, 0.2) is 29.1 Å². The summed E-state index contributed by atoms with van der Waals surface area (Å²) in [7, 11) is 0. The molecule has 108 valence electrons. The third-order valence-corrected chi connectivity index (χ3v) is 3.43. The molecular weight excluding hydrogens is 250 g/mol. The van der Waals surface area contributed by atoms with E-state index in [0.29, 0.717) is 11.9 Å². The number of hydrogen-bond donors (Lipinski definition) is 1. The molecule has 0 aliphatic rings. The molecule has 0 unspecified atom stereocenters. The Kier molecular flexibility index (Phi) is 4.90. The highest BCUT2D eigenvalue weighted by atomic mass is 16.1. The van der Waals surface area contributed by atoms with Crippen molar-refractivity contribution < 1.29 is 0 Å². The summed E-state index contributed by atoms with van der Waals surface area (Å²) in [5.41, 5.74) is 0.850. The summed E-state index contributed by atoms with van der Waals surface area (Å²) < 4.78 is 1.82. The smallest absolute Gasteiger partial charge is 0.261 e.